The fourth-order valence-corrected chi connectivity index (χ4v) is 3.25. The Morgan fingerprint density at radius 3 is 2.54 bits per heavy atom. The maximum absolute atomic E-state index is 12.5. The van der Waals surface area contributed by atoms with Crippen molar-refractivity contribution in [2.75, 3.05) is 49.7 Å². The molecule has 1 N–H and O–H groups in total. The summed E-state index contributed by atoms with van der Waals surface area (Å²) in [6, 6.07) is 12.8. The van der Waals surface area contributed by atoms with Crippen molar-refractivity contribution >= 4 is 28.9 Å². The van der Waals surface area contributed by atoms with Gasteiger partial charge in [-0.05, 0) is 30.7 Å². The van der Waals surface area contributed by atoms with Crippen LogP contribution in [0.5, 0.6) is 11.5 Å². The van der Waals surface area contributed by atoms with Gasteiger partial charge in [-0.1, -0.05) is 36.7 Å². The molecule has 0 radical (unpaired) electrons. The first-order chi connectivity index (χ1) is 13.7. The highest BCUT2D eigenvalue weighted by Gasteiger charge is 2.19. The van der Waals surface area contributed by atoms with Crippen molar-refractivity contribution in [1.29, 1.82) is 0 Å². The Hall–Kier alpha value is -2.44. The molecule has 0 unspecified atom stereocenters. The van der Waals surface area contributed by atoms with Gasteiger partial charge >= 0.3 is 0 Å². The van der Waals surface area contributed by atoms with Gasteiger partial charge in [-0.15, -0.1) is 0 Å². The molecule has 1 aliphatic rings. The van der Waals surface area contributed by atoms with Crippen molar-refractivity contribution in [2.24, 2.45) is 0 Å². The Bertz CT molecular complexity index is 794. The van der Waals surface area contributed by atoms with Crippen LogP contribution in [-0.4, -0.2) is 45.4 Å². The fourth-order valence-electron chi connectivity index (χ4n) is 2.95. The summed E-state index contributed by atoms with van der Waals surface area (Å²) in [5.74, 6) is 0.918. The van der Waals surface area contributed by atoms with E-state index in [4.69, 9.17) is 25.8 Å². The van der Waals surface area contributed by atoms with Crippen LogP contribution in [0.4, 0.5) is 11.4 Å². The Kier molecular flexibility index (Phi) is 7.39. The predicted octanol–water partition coefficient (Wildman–Crippen LogP) is 3.98. The number of rotatable bonds is 8. The minimum Gasteiger partial charge on any atom is -0.490 e. The predicted molar refractivity (Wildman–Crippen MR) is 111 cm³/mol. The first kappa shape index (κ1) is 20.3. The van der Waals surface area contributed by atoms with E-state index in [2.05, 4.69) is 10.2 Å². The van der Waals surface area contributed by atoms with Crippen LogP contribution in [0, 0.1) is 0 Å². The zero-order valence-electron chi connectivity index (χ0n) is 15.9. The van der Waals surface area contributed by atoms with Gasteiger partial charge in [0.2, 0.25) is 0 Å². The van der Waals surface area contributed by atoms with Gasteiger partial charge < -0.3 is 24.4 Å². The molecule has 3 rings (SSSR count). The lowest BCUT2D eigenvalue weighted by Gasteiger charge is -2.31. The van der Waals surface area contributed by atoms with Gasteiger partial charge in [0.05, 0.1) is 36.2 Å². The maximum atomic E-state index is 12.5. The van der Waals surface area contributed by atoms with E-state index in [1.54, 1.807) is 6.07 Å². The van der Waals surface area contributed by atoms with E-state index in [1.165, 1.54) is 0 Å². The van der Waals surface area contributed by atoms with Gasteiger partial charge in [-0.3, -0.25) is 4.79 Å². The van der Waals surface area contributed by atoms with E-state index in [0.29, 0.717) is 42.0 Å². The second kappa shape index (κ2) is 10.2. The number of morpholine rings is 1. The van der Waals surface area contributed by atoms with Gasteiger partial charge in [0, 0.05) is 13.1 Å². The van der Waals surface area contributed by atoms with Crippen molar-refractivity contribution in [3.63, 3.8) is 0 Å². The van der Waals surface area contributed by atoms with Crippen LogP contribution in [0.1, 0.15) is 13.3 Å². The van der Waals surface area contributed by atoms with Gasteiger partial charge in [0.15, 0.2) is 18.1 Å². The Labute approximate surface area is 170 Å². The first-order valence-electron chi connectivity index (χ1n) is 9.44. The number of ether oxygens (including phenoxy) is 3. The Morgan fingerprint density at radius 1 is 1.11 bits per heavy atom. The van der Waals surface area contributed by atoms with Crippen molar-refractivity contribution < 1.29 is 19.0 Å². The summed E-state index contributed by atoms with van der Waals surface area (Å²) in [4.78, 5) is 14.6. The van der Waals surface area contributed by atoms with Crippen LogP contribution in [-0.2, 0) is 9.53 Å². The molecule has 7 heteroatoms. The molecule has 28 heavy (non-hydrogen) atoms. The molecule has 0 saturated carbocycles. The molecule has 150 valence electrons. The molecular weight excluding hydrogens is 380 g/mol. The molecule has 1 heterocycles. The molecule has 6 nitrogen and oxygen atoms in total. The number of anilines is 2. The molecule has 0 spiro atoms. The largest absolute Gasteiger partial charge is 0.490 e. The van der Waals surface area contributed by atoms with Crippen LogP contribution >= 0.6 is 11.6 Å². The summed E-state index contributed by atoms with van der Waals surface area (Å²) in [5, 5.41) is 3.51. The Balaban J connectivity index is 1.65. The molecule has 0 atom stereocenters. The lowest BCUT2D eigenvalue weighted by atomic mass is 10.2. The molecule has 1 fully saturated rings. The molecule has 0 aromatic heterocycles. The summed E-state index contributed by atoms with van der Waals surface area (Å²) in [5.41, 5.74) is 1.48. The average Bonchev–Trinajstić information content (AvgIpc) is 2.72. The molecular formula is C21H25ClN2O4. The topological polar surface area (TPSA) is 60.0 Å². The van der Waals surface area contributed by atoms with Crippen molar-refractivity contribution in [3.8, 4) is 11.5 Å². The monoisotopic (exact) mass is 404 g/mol. The first-order valence-corrected chi connectivity index (χ1v) is 9.82. The van der Waals surface area contributed by atoms with Gasteiger partial charge in [-0.25, -0.2) is 0 Å². The normalized spacial score (nSPS) is 13.9. The zero-order chi connectivity index (χ0) is 19.8. The number of carbonyl (C=O) groups excluding carboxylic acids is 1. The van der Waals surface area contributed by atoms with Gasteiger partial charge in [0.1, 0.15) is 0 Å². The van der Waals surface area contributed by atoms with Crippen LogP contribution < -0.4 is 19.7 Å². The van der Waals surface area contributed by atoms with Crippen molar-refractivity contribution in [2.45, 2.75) is 13.3 Å². The maximum Gasteiger partial charge on any atom is 0.262 e. The third-order valence-corrected chi connectivity index (χ3v) is 4.56. The Morgan fingerprint density at radius 2 is 1.82 bits per heavy atom. The molecule has 1 amide bonds. The van der Waals surface area contributed by atoms with E-state index in [9.17, 15) is 4.79 Å². The number of para-hydroxylation sites is 3. The van der Waals surface area contributed by atoms with E-state index in [-0.39, 0.29) is 12.5 Å². The minimum atomic E-state index is -0.262. The quantitative estimate of drug-likeness (QED) is 0.721. The number of benzene rings is 2. The average molecular weight is 405 g/mol. The second-order valence-electron chi connectivity index (χ2n) is 6.37. The van der Waals surface area contributed by atoms with Crippen LogP contribution in [0.3, 0.4) is 0 Å². The molecule has 0 bridgehead atoms. The summed E-state index contributed by atoms with van der Waals surface area (Å²) in [6.07, 6.45) is 0.897. The van der Waals surface area contributed by atoms with Crippen LogP contribution in [0.25, 0.3) is 0 Å². The number of halogens is 1. The smallest absolute Gasteiger partial charge is 0.262 e. The molecule has 0 aliphatic carbocycles. The molecule has 1 saturated heterocycles. The standard InChI is InChI=1S/C21H25ClN2O4/c1-2-12-27-18-8-3-4-9-19(18)28-15-20(25)23-17-7-5-6-16(22)21(17)24-10-13-26-14-11-24/h3-9H,2,10-15H2,1H3,(H,23,25). The highest BCUT2D eigenvalue weighted by Crippen LogP contribution is 2.34. The summed E-state index contributed by atoms with van der Waals surface area (Å²) >= 11 is 6.41. The van der Waals surface area contributed by atoms with Gasteiger partial charge in [-0.2, -0.15) is 0 Å². The highest BCUT2D eigenvalue weighted by molar-refractivity contribution is 6.34. The van der Waals surface area contributed by atoms with Crippen LogP contribution in [0.2, 0.25) is 5.02 Å². The molecule has 1 aliphatic heterocycles. The number of nitrogens with zero attached hydrogens (tertiary/aromatic N) is 1. The van der Waals surface area contributed by atoms with Gasteiger partial charge in [0.25, 0.3) is 5.91 Å². The fraction of sp³-hybridized carbons (Fsp3) is 0.381. The molecule has 2 aromatic rings. The summed E-state index contributed by atoms with van der Waals surface area (Å²) in [7, 11) is 0. The van der Waals surface area contributed by atoms with Crippen molar-refractivity contribution in [3.05, 3.63) is 47.5 Å². The summed E-state index contributed by atoms with van der Waals surface area (Å²) < 4.78 is 16.7. The second-order valence-corrected chi connectivity index (χ2v) is 6.77. The minimum absolute atomic E-state index is 0.123. The number of hydrogen-bond acceptors (Lipinski definition) is 5. The van der Waals surface area contributed by atoms with E-state index < -0.39 is 0 Å². The van der Waals surface area contributed by atoms with E-state index in [0.717, 1.165) is 25.2 Å². The molecule has 2 aromatic carbocycles. The zero-order valence-corrected chi connectivity index (χ0v) is 16.7. The van der Waals surface area contributed by atoms with Crippen LogP contribution in [0.15, 0.2) is 42.5 Å². The van der Waals surface area contributed by atoms with E-state index >= 15 is 0 Å². The van der Waals surface area contributed by atoms with E-state index in [1.807, 2.05) is 43.3 Å². The third kappa shape index (κ3) is 5.30. The lowest BCUT2D eigenvalue weighted by molar-refractivity contribution is -0.118. The SMILES string of the molecule is CCCOc1ccccc1OCC(=O)Nc1cccc(Cl)c1N1CCOCC1. The number of nitrogens with one attached hydrogen (secondary N) is 1. The lowest BCUT2D eigenvalue weighted by Crippen LogP contribution is -2.37. The van der Waals surface area contributed by atoms with Crippen molar-refractivity contribution in [1.82, 2.24) is 0 Å². The number of carbonyl (C=O) groups is 1. The number of hydrogen-bond donors (Lipinski definition) is 1. The third-order valence-electron chi connectivity index (χ3n) is 4.26. The highest BCUT2D eigenvalue weighted by atomic mass is 35.5. The summed E-state index contributed by atoms with van der Waals surface area (Å²) in [6.45, 7) is 5.23. The number of amides is 1.